The molecule has 0 aliphatic heterocycles. The van der Waals surface area contributed by atoms with Crippen molar-refractivity contribution in [1.82, 2.24) is 5.32 Å². The van der Waals surface area contributed by atoms with E-state index in [1.54, 1.807) is 55.5 Å². The van der Waals surface area contributed by atoms with Crippen molar-refractivity contribution in [3.05, 3.63) is 54.1 Å². The molecule has 1 unspecified atom stereocenters. The first kappa shape index (κ1) is 18.7. The average molecular weight is 361 g/mol. The molecule has 0 fully saturated rings. The lowest BCUT2D eigenvalue weighted by Crippen LogP contribution is -2.28. The van der Waals surface area contributed by atoms with Crippen molar-refractivity contribution < 1.29 is 13.6 Å². The molecule has 0 bridgehead atoms. The zero-order chi connectivity index (χ0) is 18.2. The number of carbonyl (C=O) groups is 1. The second-order valence-corrected chi connectivity index (χ2v) is 6.38. The summed E-state index contributed by atoms with van der Waals surface area (Å²) >= 11 is 0.481. The number of carbonyl (C=O) groups excluding carboxylic acids is 1. The number of nitriles is 1. The van der Waals surface area contributed by atoms with Crippen molar-refractivity contribution in [2.75, 3.05) is 11.9 Å². The Bertz CT molecular complexity index is 760. The number of thioether (sulfide) groups is 1. The maximum absolute atomic E-state index is 12.3. The highest BCUT2D eigenvalue weighted by Crippen LogP contribution is 2.27. The Morgan fingerprint density at radius 3 is 2.52 bits per heavy atom. The van der Waals surface area contributed by atoms with Crippen LogP contribution < -0.4 is 10.6 Å². The summed E-state index contributed by atoms with van der Waals surface area (Å²) in [4.78, 5) is 12.8. The molecule has 0 saturated heterocycles. The van der Waals surface area contributed by atoms with Crippen LogP contribution in [0.2, 0.25) is 0 Å². The van der Waals surface area contributed by atoms with Crippen molar-refractivity contribution in [2.45, 2.75) is 17.6 Å². The van der Waals surface area contributed by atoms with Crippen LogP contribution in [-0.4, -0.2) is 18.2 Å². The monoisotopic (exact) mass is 361 g/mol. The van der Waals surface area contributed by atoms with Crippen LogP contribution in [-0.2, 0) is 0 Å². The summed E-state index contributed by atoms with van der Waals surface area (Å²) in [6, 6.07) is 15.6. The average Bonchev–Trinajstić information content (AvgIpc) is 2.61. The zero-order valence-corrected chi connectivity index (χ0v) is 14.3. The van der Waals surface area contributed by atoms with E-state index < -0.39 is 5.76 Å². The van der Waals surface area contributed by atoms with Gasteiger partial charge in [-0.1, -0.05) is 23.9 Å². The molecule has 1 amide bonds. The van der Waals surface area contributed by atoms with Crippen molar-refractivity contribution >= 4 is 29.0 Å². The van der Waals surface area contributed by atoms with Gasteiger partial charge in [0, 0.05) is 17.1 Å². The van der Waals surface area contributed by atoms with Gasteiger partial charge in [0.25, 0.3) is 11.7 Å². The van der Waals surface area contributed by atoms with Crippen molar-refractivity contribution in [1.29, 1.82) is 5.26 Å². The maximum Gasteiger partial charge on any atom is 0.288 e. The van der Waals surface area contributed by atoms with Gasteiger partial charge >= 0.3 is 0 Å². The van der Waals surface area contributed by atoms with Crippen LogP contribution in [0.4, 0.5) is 20.2 Å². The molecule has 0 saturated carbocycles. The third kappa shape index (κ3) is 5.76. The summed E-state index contributed by atoms with van der Waals surface area (Å²) < 4.78 is 24.7. The van der Waals surface area contributed by atoms with Gasteiger partial charge < -0.3 is 10.6 Å². The number of hydrogen-bond acceptors (Lipinski definition) is 4. The third-order valence-electron chi connectivity index (χ3n) is 3.32. The number of para-hydroxylation sites is 1. The summed E-state index contributed by atoms with van der Waals surface area (Å²) in [7, 11) is 0. The largest absolute Gasteiger partial charge is 0.355 e. The number of hydrogen-bond donors (Lipinski definition) is 2. The molecular weight excluding hydrogens is 344 g/mol. The van der Waals surface area contributed by atoms with Crippen molar-refractivity contribution in [2.24, 2.45) is 5.92 Å². The molecule has 2 aromatic rings. The van der Waals surface area contributed by atoms with Crippen LogP contribution in [0.15, 0.2) is 53.4 Å². The van der Waals surface area contributed by atoms with E-state index in [-0.39, 0.29) is 18.4 Å². The third-order valence-corrected chi connectivity index (χ3v) is 4.04. The highest BCUT2D eigenvalue weighted by atomic mass is 32.2. The Hall–Kier alpha value is -2.59. The lowest BCUT2D eigenvalue weighted by molar-refractivity contribution is 0.0951. The molecule has 0 radical (unpaired) electrons. The van der Waals surface area contributed by atoms with Crippen LogP contribution in [0.3, 0.4) is 0 Å². The molecule has 0 heterocycles. The summed E-state index contributed by atoms with van der Waals surface area (Å²) in [6.45, 7) is 1.99. The van der Waals surface area contributed by atoms with Gasteiger partial charge in [0.1, 0.15) is 0 Å². The molecule has 25 heavy (non-hydrogen) atoms. The van der Waals surface area contributed by atoms with Gasteiger partial charge in [-0.25, -0.2) is 0 Å². The Balaban J connectivity index is 2.10. The lowest BCUT2D eigenvalue weighted by Gasteiger charge is -2.13. The molecule has 0 spiro atoms. The fourth-order valence-corrected chi connectivity index (χ4v) is 2.55. The fourth-order valence-electron chi connectivity index (χ4n) is 2.05. The Labute approximate surface area is 149 Å². The SMILES string of the molecule is CC(C#N)CNC(=O)c1ccccc1Nc1ccc(SC(F)F)cc1. The maximum atomic E-state index is 12.3. The van der Waals surface area contributed by atoms with Crippen LogP contribution >= 0.6 is 11.8 Å². The van der Waals surface area contributed by atoms with Crippen LogP contribution in [0, 0.1) is 17.2 Å². The second-order valence-electron chi connectivity index (χ2n) is 5.31. The molecule has 0 aliphatic rings. The van der Waals surface area contributed by atoms with Crippen molar-refractivity contribution in [3.8, 4) is 6.07 Å². The molecule has 2 N–H and O–H groups in total. The minimum absolute atomic E-state index is 0.267. The van der Waals surface area contributed by atoms with E-state index in [1.807, 2.05) is 0 Å². The second kappa shape index (κ2) is 9.04. The Kier molecular flexibility index (Phi) is 6.78. The van der Waals surface area contributed by atoms with Crippen LogP contribution in [0.5, 0.6) is 0 Å². The molecular formula is C18H17F2N3OS. The predicted molar refractivity (Wildman–Crippen MR) is 95.1 cm³/mol. The van der Waals surface area contributed by atoms with Gasteiger partial charge in [-0.15, -0.1) is 0 Å². The first-order chi connectivity index (χ1) is 12.0. The summed E-state index contributed by atoms with van der Waals surface area (Å²) in [6.07, 6.45) is 0. The quantitative estimate of drug-likeness (QED) is 0.706. The number of amides is 1. The lowest BCUT2D eigenvalue weighted by atomic mass is 10.1. The van der Waals surface area contributed by atoms with E-state index in [9.17, 15) is 13.6 Å². The van der Waals surface area contributed by atoms with Crippen LogP contribution in [0.1, 0.15) is 17.3 Å². The Morgan fingerprint density at radius 2 is 1.88 bits per heavy atom. The van der Waals surface area contributed by atoms with Gasteiger partial charge in [0.15, 0.2) is 0 Å². The first-order valence-corrected chi connectivity index (χ1v) is 8.46. The number of halogens is 2. The molecule has 7 heteroatoms. The number of rotatable bonds is 7. The number of alkyl halides is 2. The molecule has 1 atom stereocenters. The minimum Gasteiger partial charge on any atom is -0.355 e. The number of nitrogens with zero attached hydrogens (tertiary/aromatic N) is 1. The van der Waals surface area contributed by atoms with E-state index in [1.165, 1.54) is 0 Å². The molecule has 2 rings (SSSR count). The van der Waals surface area contributed by atoms with Gasteiger partial charge in [-0.3, -0.25) is 4.79 Å². The van der Waals surface area contributed by atoms with E-state index in [0.29, 0.717) is 33.6 Å². The van der Waals surface area contributed by atoms with Crippen molar-refractivity contribution in [3.63, 3.8) is 0 Å². The summed E-state index contributed by atoms with van der Waals surface area (Å²) in [5, 5.41) is 14.6. The predicted octanol–water partition coefficient (Wildman–Crippen LogP) is 4.63. The number of benzene rings is 2. The van der Waals surface area contributed by atoms with E-state index in [0.717, 1.165) is 0 Å². The molecule has 0 aromatic heterocycles. The Morgan fingerprint density at radius 1 is 1.20 bits per heavy atom. The van der Waals surface area contributed by atoms with E-state index in [4.69, 9.17) is 5.26 Å². The highest BCUT2D eigenvalue weighted by molar-refractivity contribution is 7.99. The molecule has 4 nitrogen and oxygen atoms in total. The normalized spacial score (nSPS) is 11.6. The van der Waals surface area contributed by atoms with Gasteiger partial charge in [0.05, 0.1) is 23.2 Å². The first-order valence-electron chi connectivity index (χ1n) is 7.58. The van der Waals surface area contributed by atoms with E-state index >= 15 is 0 Å². The minimum atomic E-state index is -2.46. The standard InChI is InChI=1S/C18H17F2N3OS/c1-12(10-21)11-22-17(24)15-4-2-3-5-16(15)23-13-6-8-14(9-7-13)25-18(19)20/h2-9,12,18,23H,11H2,1H3,(H,22,24). The fraction of sp³-hybridized carbons (Fsp3) is 0.222. The molecule has 130 valence electrons. The number of nitrogens with one attached hydrogen (secondary N) is 2. The molecule has 2 aromatic carbocycles. The highest BCUT2D eigenvalue weighted by Gasteiger charge is 2.12. The topological polar surface area (TPSA) is 64.9 Å². The van der Waals surface area contributed by atoms with Gasteiger partial charge in [-0.2, -0.15) is 14.0 Å². The van der Waals surface area contributed by atoms with Crippen LogP contribution in [0.25, 0.3) is 0 Å². The number of anilines is 2. The smallest absolute Gasteiger partial charge is 0.288 e. The van der Waals surface area contributed by atoms with E-state index in [2.05, 4.69) is 16.7 Å². The van der Waals surface area contributed by atoms with Gasteiger partial charge in [0.2, 0.25) is 0 Å². The summed E-state index contributed by atoms with van der Waals surface area (Å²) in [5.41, 5.74) is 1.72. The summed E-state index contributed by atoms with van der Waals surface area (Å²) in [5.74, 6) is -3.02. The molecule has 0 aliphatic carbocycles. The van der Waals surface area contributed by atoms with Gasteiger partial charge in [-0.05, 0) is 43.3 Å². The zero-order valence-electron chi connectivity index (χ0n) is 13.5.